The number of carbonyl (C=O) groups excluding carboxylic acids is 1. The molecule has 5 nitrogen and oxygen atoms in total. The van der Waals surface area contributed by atoms with Crippen LogP contribution in [0.3, 0.4) is 0 Å². The number of fused-ring (bicyclic) bond motifs is 1. The number of esters is 1. The molecule has 1 saturated carbocycles. The molecular formula is C22H32N2O3. The first-order valence-corrected chi connectivity index (χ1v) is 10.2. The molecule has 0 aliphatic heterocycles. The molecule has 0 N–H and O–H groups in total. The lowest BCUT2D eigenvalue weighted by molar-refractivity contribution is -0.156. The molecule has 1 fully saturated rings. The van der Waals surface area contributed by atoms with Crippen LogP contribution in [-0.4, -0.2) is 28.7 Å². The zero-order valence-electron chi connectivity index (χ0n) is 17.2. The summed E-state index contributed by atoms with van der Waals surface area (Å²) < 4.78 is 13.3. The van der Waals surface area contributed by atoms with Gasteiger partial charge in [-0.15, -0.1) is 0 Å². The molecule has 5 heteroatoms. The van der Waals surface area contributed by atoms with Crippen molar-refractivity contribution in [2.45, 2.75) is 66.0 Å². The molecule has 1 aliphatic carbocycles. The van der Waals surface area contributed by atoms with Gasteiger partial charge >= 0.3 is 5.97 Å². The molecule has 0 unspecified atom stereocenters. The smallest absolute Gasteiger partial charge is 0.326 e. The molecule has 1 heterocycles. The van der Waals surface area contributed by atoms with Crippen molar-refractivity contribution in [2.75, 3.05) is 7.11 Å². The van der Waals surface area contributed by atoms with Gasteiger partial charge in [0.1, 0.15) is 24.2 Å². The molecule has 0 amide bonds. The Bertz CT molecular complexity index is 796. The molecule has 1 aromatic carbocycles. The summed E-state index contributed by atoms with van der Waals surface area (Å²) in [6.45, 7) is 8.98. The van der Waals surface area contributed by atoms with Crippen LogP contribution in [0.15, 0.2) is 18.2 Å². The van der Waals surface area contributed by atoms with Crippen molar-refractivity contribution in [3.8, 4) is 5.75 Å². The fraction of sp³-hybridized carbons (Fsp3) is 0.636. The SMILES string of the molecule is CCc1nc2cc(OC)ccc2n1CC(=O)O[C@@H]1C[C@H](C)CC[C@H]1C(C)C. The fourth-order valence-corrected chi connectivity index (χ4v) is 4.32. The summed E-state index contributed by atoms with van der Waals surface area (Å²) in [6.07, 6.45) is 4.13. The molecule has 1 aliphatic rings. The normalized spacial score (nSPS) is 23.0. The van der Waals surface area contributed by atoms with Gasteiger partial charge in [0.2, 0.25) is 0 Å². The van der Waals surface area contributed by atoms with E-state index in [4.69, 9.17) is 9.47 Å². The second-order valence-corrected chi connectivity index (χ2v) is 8.18. The van der Waals surface area contributed by atoms with Crippen LogP contribution in [0.5, 0.6) is 5.75 Å². The van der Waals surface area contributed by atoms with Crippen molar-refractivity contribution in [1.29, 1.82) is 0 Å². The second-order valence-electron chi connectivity index (χ2n) is 8.18. The van der Waals surface area contributed by atoms with Gasteiger partial charge in [0.25, 0.3) is 0 Å². The third-order valence-corrected chi connectivity index (χ3v) is 5.88. The zero-order chi connectivity index (χ0) is 19.6. The van der Waals surface area contributed by atoms with E-state index in [1.165, 1.54) is 6.42 Å². The maximum Gasteiger partial charge on any atom is 0.326 e. The first-order chi connectivity index (χ1) is 12.9. The van der Waals surface area contributed by atoms with Gasteiger partial charge in [-0.2, -0.15) is 0 Å². The minimum atomic E-state index is -0.162. The van der Waals surface area contributed by atoms with Crippen molar-refractivity contribution in [1.82, 2.24) is 9.55 Å². The van der Waals surface area contributed by atoms with Crippen LogP contribution in [0, 0.1) is 17.8 Å². The molecule has 1 aromatic heterocycles. The van der Waals surface area contributed by atoms with Gasteiger partial charge in [-0.1, -0.05) is 34.1 Å². The molecule has 2 aromatic rings. The number of benzene rings is 1. The summed E-state index contributed by atoms with van der Waals surface area (Å²) in [6, 6.07) is 5.78. The Kier molecular flexibility index (Phi) is 6.08. The number of hydrogen-bond acceptors (Lipinski definition) is 4. The lowest BCUT2D eigenvalue weighted by Gasteiger charge is -2.36. The highest BCUT2D eigenvalue weighted by Crippen LogP contribution is 2.35. The van der Waals surface area contributed by atoms with E-state index in [1.807, 2.05) is 22.8 Å². The van der Waals surface area contributed by atoms with Crippen molar-refractivity contribution < 1.29 is 14.3 Å². The van der Waals surface area contributed by atoms with Crippen LogP contribution in [0.2, 0.25) is 0 Å². The van der Waals surface area contributed by atoms with Crippen LogP contribution in [0.1, 0.15) is 52.8 Å². The molecule has 0 radical (unpaired) electrons. The monoisotopic (exact) mass is 372 g/mol. The third-order valence-electron chi connectivity index (χ3n) is 5.88. The average Bonchev–Trinajstić information content (AvgIpc) is 2.98. The summed E-state index contributed by atoms with van der Waals surface area (Å²) >= 11 is 0. The topological polar surface area (TPSA) is 53.4 Å². The highest BCUT2D eigenvalue weighted by molar-refractivity contribution is 5.80. The summed E-state index contributed by atoms with van der Waals surface area (Å²) in [5.74, 6) is 3.11. The van der Waals surface area contributed by atoms with E-state index < -0.39 is 0 Å². The van der Waals surface area contributed by atoms with E-state index in [9.17, 15) is 4.79 Å². The van der Waals surface area contributed by atoms with Gasteiger partial charge in [0.05, 0.1) is 18.1 Å². The molecule has 0 saturated heterocycles. The largest absolute Gasteiger partial charge is 0.497 e. The molecule has 3 rings (SSSR count). The Morgan fingerprint density at radius 1 is 1.33 bits per heavy atom. The molecule has 0 bridgehead atoms. The number of aryl methyl sites for hydroxylation is 1. The first-order valence-electron chi connectivity index (χ1n) is 10.2. The highest BCUT2D eigenvalue weighted by Gasteiger charge is 2.33. The molecule has 3 atom stereocenters. The minimum Gasteiger partial charge on any atom is -0.497 e. The quantitative estimate of drug-likeness (QED) is 0.695. The average molecular weight is 373 g/mol. The van der Waals surface area contributed by atoms with Gasteiger partial charge in [-0.3, -0.25) is 4.79 Å². The zero-order valence-corrected chi connectivity index (χ0v) is 17.2. The number of aromatic nitrogens is 2. The van der Waals surface area contributed by atoms with E-state index in [-0.39, 0.29) is 18.6 Å². The third kappa shape index (κ3) is 4.28. The summed E-state index contributed by atoms with van der Waals surface area (Å²) in [5.41, 5.74) is 1.80. The Balaban J connectivity index is 1.79. The number of hydrogen-bond donors (Lipinski definition) is 0. The van der Waals surface area contributed by atoms with Crippen molar-refractivity contribution in [2.24, 2.45) is 17.8 Å². The van der Waals surface area contributed by atoms with Gasteiger partial charge in [-0.05, 0) is 42.7 Å². The van der Waals surface area contributed by atoms with E-state index in [0.29, 0.717) is 17.8 Å². The number of methoxy groups -OCH3 is 1. The maximum absolute atomic E-state index is 12.8. The Morgan fingerprint density at radius 2 is 2.11 bits per heavy atom. The Labute approximate surface area is 162 Å². The Hall–Kier alpha value is -2.04. The van der Waals surface area contributed by atoms with Gasteiger partial charge in [0, 0.05) is 12.5 Å². The van der Waals surface area contributed by atoms with Crippen LogP contribution >= 0.6 is 0 Å². The lowest BCUT2D eigenvalue weighted by atomic mass is 9.75. The minimum absolute atomic E-state index is 0.0289. The molecular weight excluding hydrogens is 340 g/mol. The summed E-state index contributed by atoms with van der Waals surface area (Å²) in [5, 5.41) is 0. The molecule has 27 heavy (non-hydrogen) atoms. The van der Waals surface area contributed by atoms with Crippen LogP contribution in [-0.2, 0) is 22.5 Å². The van der Waals surface area contributed by atoms with E-state index >= 15 is 0 Å². The number of ether oxygens (including phenoxy) is 2. The standard InChI is InChI=1S/C22H32N2O3/c1-6-21-23-18-12-16(26-5)8-10-19(18)24(21)13-22(25)27-20-11-15(4)7-9-17(20)14(2)3/h8,10,12,14-15,17,20H,6-7,9,11,13H2,1-5H3/t15-,17+,20-/m1/s1. The van der Waals surface area contributed by atoms with Gasteiger partial charge in [-0.25, -0.2) is 4.98 Å². The van der Waals surface area contributed by atoms with Crippen LogP contribution < -0.4 is 4.74 Å². The number of carbonyl (C=O) groups is 1. The lowest BCUT2D eigenvalue weighted by Crippen LogP contribution is -2.36. The summed E-state index contributed by atoms with van der Waals surface area (Å²) in [7, 11) is 1.65. The highest BCUT2D eigenvalue weighted by atomic mass is 16.5. The fourth-order valence-electron chi connectivity index (χ4n) is 4.32. The predicted molar refractivity (Wildman–Crippen MR) is 107 cm³/mol. The van der Waals surface area contributed by atoms with Crippen LogP contribution in [0.25, 0.3) is 11.0 Å². The first kappa shape index (κ1) is 19.7. The molecule has 148 valence electrons. The second kappa shape index (κ2) is 8.32. The maximum atomic E-state index is 12.8. The van der Waals surface area contributed by atoms with E-state index in [2.05, 4.69) is 32.7 Å². The van der Waals surface area contributed by atoms with E-state index in [1.54, 1.807) is 7.11 Å². The predicted octanol–water partition coefficient (Wildman–Crippen LogP) is 4.61. The number of nitrogens with zero attached hydrogens (tertiary/aromatic N) is 2. The van der Waals surface area contributed by atoms with Crippen molar-refractivity contribution >= 4 is 17.0 Å². The van der Waals surface area contributed by atoms with Crippen molar-refractivity contribution in [3.63, 3.8) is 0 Å². The van der Waals surface area contributed by atoms with Crippen molar-refractivity contribution in [3.05, 3.63) is 24.0 Å². The van der Waals surface area contributed by atoms with Gasteiger partial charge in [0.15, 0.2) is 0 Å². The molecule has 0 spiro atoms. The Morgan fingerprint density at radius 3 is 2.78 bits per heavy atom. The number of rotatable bonds is 6. The van der Waals surface area contributed by atoms with E-state index in [0.717, 1.165) is 41.9 Å². The number of imidazole rings is 1. The van der Waals surface area contributed by atoms with Gasteiger partial charge < -0.3 is 14.0 Å². The summed E-state index contributed by atoms with van der Waals surface area (Å²) in [4.78, 5) is 17.5. The van der Waals surface area contributed by atoms with Crippen LogP contribution in [0.4, 0.5) is 0 Å².